The zero-order valence-corrected chi connectivity index (χ0v) is 10.8. The maximum absolute atomic E-state index is 13.8. The van der Waals surface area contributed by atoms with E-state index < -0.39 is 11.9 Å². The third-order valence-corrected chi connectivity index (χ3v) is 3.13. The molecular weight excluding hydrogens is 274 g/mol. The highest BCUT2D eigenvalue weighted by atomic mass is 35.5. The maximum atomic E-state index is 13.8. The van der Waals surface area contributed by atoms with Crippen molar-refractivity contribution in [2.75, 3.05) is 0 Å². The van der Waals surface area contributed by atoms with Crippen molar-refractivity contribution in [2.45, 2.75) is 6.04 Å². The Balaban J connectivity index is 2.41. The third kappa shape index (κ3) is 2.82. The summed E-state index contributed by atoms with van der Waals surface area (Å²) in [6.07, 6.45) is 0. The number of benzene rings is 2. The Morgan fingerprint density at radius 3 is 2.17 bits per heavy atom. The Labute approximate surface area is 114 Å². The first-order valence-electron chi connectivity index (χ1n) is 5.28. The number of nitrogens with two attached hydrogens (primary N) is 1. The van der Waals surface area contributed by atoms with Gasteiger partial charge in [-0.05, 0) is 29.8 Å². The molecule has 2 nitrogen and oxygen atoms in total. The Kier molecular flexibility index (Phi) is 4.19. The first-order valence-corrected chi connectivity index (χ1v) is 6.04. The average Bonchev–Trinajstić information content (AvgIpc) is 2.35. The summed E-state index contributed by atoms with van der Waals surface area (Å²) in [5, 5.41) is 0.967. The van der Waals surface area contributed by atoms with Gasteiger partial charge in [0.05, 0.1) is 6.04 Å². The van der Waals surface area contributed by atoms with E-state index in [1.54, 1.807) is 36.4 Å². The van der Waals surface area contributed by atoms with E-state index in [0.29, 0.717) is 15.6 Å². The molecule has 1 unspecified atom stereocenters. The van der Waals surface area contributed by atoms with Crippen molar-refractivity contribution >= 4 is 23.2 Å². The van der Waals surface area contributed by atoms with Crippen LogP contribution in [0.15, 0.2) is 42.5 Å². The van der Waals surface area contributed by atoms with Gasteiger partial charge in [0.15, 0.2) is 0 Å². The van der Waals surface area contributed by atoms with Crippen LogP contribution in [-0.2, 0) is 0 Å². The molecule has 0 heterocycles. The number of hydrogen-bond donors (Lipinski definition) is 2. The highest BCUT2D eigenvalue weighted by Gasteiger charge is 2.16. The maximum Gasteiger partial charge on any atom is 0.129 e. The van der Waals surface area contributed by atoms with Gasteiger partial charge in [-0.2, -0.15) is 0 Å². The molecule has 3 N–H and O–H groups in total. The molecule has 0 aliphatic rings. The van der Waals surface area contributed by atoms with Crippen LogP contribution in [-0.4, -0.2) is 0 Å². The lowest BCUT2D eigenvalue weighted by Crippen LogP contribution is -2.29. The van der Waals surface area contributed by atoms with Gasteiger partial charge in [-0.1, -0.05) is 41.4 Å². The lowest BCUT2D eigenvalue weighted by Gasteiger charge is -2.17. The van der Waals surface area contributed by atoms with Gasteiger partial charge in [-0.15, -0.1) is 0 Å². The van der Waals surface area contributed by atoms with Gasteiger partial charge in [0.25, 0.3) is 0 Å². The van der Waals surface area contributed by atoms with E-state index >= 15 is 0 Å². The number of rotatable bonds is 3. The highest BCUT2D eigenvalue weighted by Crippen LogP contribution is 2.26. The van der Waals surface area contributed by atoms with E-state index in [2.05, 4.69) is 5.43 Å². The molecule has 0 fully saturated rings. The van der Waals surface area contributed by atoms with E-state index in [4.69, 9.17) is 29.0 Å². The predicted octanol–water partition coefficient (Wildman–Crippen LogP) is 3.69. The molecule has 0 radical (unpaired) electrons. The fourth-order valence-electron chi connectivity index (χ4n) is 1.76. The Morgan fingerprint density at radius 2 is 1.61 bits per heavy atom. The standard InChI is InChI=1S/C13H11Cl2FN2/c14-9-3-1-8(2-4-9)13(18-17)11-6-5-10(15)7-12(11)16/h1-7,13,18H,17H2. The van der Waals surface area contributed by atoms with Crippen molar-refractivity contribution in [3.8, 4) is 0 Å². The molecule has 0 saturated heterocycles. The Hall–Kier alpha value is -1.13. The second-order valence-electron chi connectivity index (χ2n) is 3.82. The Bertz CT molecular complexity index is 543. The number of hydrogen-bond acceptors (Lipinski definition) is 2. The van der Waals surface area contributed by atoms with E-state index in [1.807, 2.05) is 0 Å². The molecule has 0 bridgehead atoms. The average molecular weight is 285 g/mol. The van der Waals surface area contributed by atoms with Crippen LogP contribution in [0.4, 0.5) is 4.39 Å². The molecule has 0 amide bonds. The van der Waals surface area contributed by atoms with Crippen molar-refractivity contribution in [2.24, 2.45) is 5.84 Å². The monoisotopic (exact) mass is 284 g/mol. The molecule has 18 heavy (non-hydrogen) atoms. The first kappa shape index (κ1) is 13.3. The molecule has 0 aliphatic carbocycles. The van der Waals surface area contributed by atoms with Crippen molar-refractivity contribution in [1.82, 2.24) is 5.43 Å². The lowest BCUT2D eigenvalue weighted by atomic mass is 9.99. The predicted molar refractivity (Wildman–Crippen MR) is 72.0 cm³/mol. The summed E-state index contributed by atoms with van der Waals surface area (Å²) < 4.78 is 13.8. The van der Waals surface area contributed by atoms with E-state index in [1.165, 1.54) is 6.07 Å². The van der Waals surface area contributed by atoms with E-state index in [0.717, 1.165) is 5.56 Å². The minimum absolute atomic E-state index is 0.350. The normalized spacial score (nSPS) is 12.4. The molecular formula is C13H11Cl2FN2. The quantitative estimate of drug-likeness (QED) is 0.666. The summed E-state index contributed by atoms with van der Waals surface area (Å²) in [6.45, 7) is 0. The lowest BCUT2D eigenvalue weighted by molar-refractivity contribution is 0.560. The number of nitrogens with one attached hydrogen (secondary N) is 1. The second kappa shape index (κ2) is 5.67. The van der Waals surface area contributed by atoms with Crippen molar-refractivity contribution in [1.29, 1.82) is 0 Å². The van der Waals surface area contributed by atoms with Crippen LogP contribution < -0.4 is 11.3 Å². The molecule has 5 heteroatoms. The smallest absolute Gasteiger partial charge is 0.129 e. The molecule has 94 valence electrons. The topological polar surface area (TPSA) is 38.0 Å². The third-order valence-electron chi connectivity index (χ3n) is 2.64. The van der Waals surface area contributed by atoms with Gasteiger partial charge in [-0.25, -0.2) is 9.82 Å². The van der Waals surface area contributed by atoms with Gasteiger partial charge in [0.1, 0.15) is 5.82 Å². The fraction of sp³-hybridized carbons (Fsp3) is 0.0769. The molecule has 0 aromatic heterocycles. The largest absolute Gasteiger partial charge is 0.271 e. The zero-order chi connectivity index (χ0) is 13.1. The minimum atomic E-state index is -0.445. The minimum Gasteiger partial charge on any atom is -0.271 e. The van der Waals surface area contributed by atoms with Crippen LogP contribution in [0.1, 0.15) is 17.2 Å². The van der Waals surface area contributed by atoms with Crippen LogP contribution >= 0.6 is 23.2 Å². The van der Waals surface area contributed by atoms with Crippen LogP contribution in [0.3, 0.4) is 0 Å². The van der Waals surface area contributed by atoms with E-state index in [9.17, 15) is 4.39 Å². The van der Waals surface area contributed by atoms with Gasteiger partial charge in [0, 0.05) is 15.6 Å². The highest BCUT2D eigenvalue weighted by molar-refractivity contribution is 6.30. The number of halogens is 3. The van der Waals surface area contributed by atoms with Crippen molar-refractivity contribution in [3.05, 3.63) is 69.5 Å². The molecule has 2 rings (SSSR count). The molecule has 0 saturated carbocycles. The summed E-state index contributed by atoms with van der Waals surface area (Å²) >= 11 is 11.5. The van der Waals surface area contributed by atoms with Gasteiger partial charge in [0.2, 0.25) is 0 Å². The van der Waals surface area contributed by atoms with Crippen LogP contribution in [0, 0.1) is 5.82 Å². The molecule has 0 spiro atoms. The van der Waals surface area contributed by atoms with Crippen molar-refractivity contribution < 1.29 is 4.39 Å². The van der Waals surface area contributed by atoms with Crippen LogP contribution in [0.2, 0.25) is 10.0 Å². The first-order chi connectivity index (χ1) is 8.61. The zero-order valence-electron chi connectivity index (χ0n) is 9.33. The molecule has 0 aliphatic heterocycles. The summed E-state index contributed by atoms with van der Waals surface area (Å²) in [7, 11) is 0. The van der Waals surface area contributed by atoms with Crippen LogP contribution in [0.5, 0.6) is 0 Å². The van der Waals surface area contributed by atoms with Crippen molar-refractivity contribution in [3.63, 3.8) is 0 Å². The molecule has 2 aromatic rings. The number of hydrazine groups is 1. The van der Waals surface area contributed by atoms with E-state index in [-0.39, 0.29) is 0 Å². The SMILES string of the molecule is NNC(c1ccc(Cl)cc1)c1ccc(Cl)cc1F. The van der Waals surface area contributed by atoms with Gasteiger partial charge >= 0.3 is 0 Å². The summed E-state index contributed by atoms with van der Waals surface area (Å²) in [5.74, 6) is 5.10. The summed E-state index contributed by atoms with van der Waals surface area (Å²) in [5.41, 5.74) is 3.85. The Morgan fingerprint density at radius 1 is 1.00 bits per heavy atom. The molecule has 1 atom stereocenters. The van der Waals surface area contributed by atoms with Gasteiger partial charge in [-0.3, -0.25) is 5.84 Å². The fourth-order valence-corrected chi connectivity index (χ4v) is 2.04. The molecule has 2 aromatic carbocycles. The van der Waals surface area contributed by atoms with Gasteiger partial charge < -0.3 is 0 Å². The van der Waals surface area contributed by atoms with Crippen LogP contribution in [0.25, 0.3) is 0 Å². The summed E-state index contributed by atoms with van der Waals surface area (Å²) in [4.78, 5) is 0. The summed E-state index contributed by atoms with van der Waals surface area (Å²) in [6, 6.07) is 11.1. The second-order valence-corrected chi connectivity index (χ2v) is 4.69.